The number of aliphatic hydroxyl groups excluding tert-OH is 1. The lowest BCUT2D eigenvalue weighted by molar-refractivity contribution is -0.114. The minimum absolute atomic E-state index is 0.395. The van der Waals surface area contributed by atoms with E-state index in [0.717, 1.165) is 0 Å². The van der Waals surface area contributed by atoms with Gasteiger partial charge < -0.3 is 21.9 Å². The zero-order valence-corrected chi connectivity index (χ0v) is 7.40. The van der Waals surface area contributed by atoms with Crippen molar-refractivity contribution in [3.05, 3.63) is 41.9 Å². The smallest absolute Gasteiger partial charge is 0.270 e. The SMILES string of the molecule is NC(=O)/C(N)=C(/O)Nc1ccccc1. The van der Waals surface area contributed by atoms with Crippen LogP contribution in [0.15, 0.2) is 41.9 Å². The van der Waals surface area contributed by atoms with E-state index < -0.39 is 17.5 Å². The van der Waals surface area contributed by atoms with Crippen molar-refractivity contribution in [2.45, 2.75) is 0 Å². The van der Waals surface area contributed by atoms with E-state index in [1.165, 1.54) is 0 Å². The van der Waals surface area contributed by atoms with Crippen molar-refractivity contribution < 1.29 is 9.90 Å². The molecule has 1 amide bonds. The molecule has 0 spiro atoms. The molecule has 0 radical (unpaired) electrons. The number of anilines is 1. The highest BCUT2D eigenvalue weighted by atomic mass is 16.3. The molecule has 6 N–H and O–H groups in total. The van der Waals surface area contributed by atoms with E-state index in [0.29, 0.717) is 5.69 Å². The molecule has 0 unspecified atom stereocenters. The topological polar surface area (TPSA) is 101 Å². The molecular formula is C9H11N3O2. The number of primary amides is 1. The van der Waals surface area contributed by atoms with Crippen LogP contribution in [0, 0.1) is 0 Å². The Labute approximate surface area is 81.0 Å². The van der Waals surface area contributed by atoms with Gasteiger partial charge in [-0.3, -0.25) is 4.79 Å². The highest BCUT2D eigenvalue weighted by Crippen LogP contribution is 2.08. The Hall–Kier alpha value is -2.17. The Kier molecular flexibility index (Phi) is 2.96. The molecule has 14 heavy (non-hydrogen) atoms. The maximum atomic E-state index is 10.6. The number of para-hydroxylation sites is 1. The fourth-order valence-electron chi connectivity index (χ4n) is 0.842. The summed E-state index contributed by atoms with van der Waals surface area (Å²) >= 11 is 0. The van der Waals surface area contributed by atoms with Crippen LogP contribution in [0.3, 0.4) is 0 Å². The molecule has 0 bridgehead atoms. The maximum absolute atomic E-state index is 10.6. The molecule has 0 fully saturated rings. The van der Waals surface area contributed by atoms with Crippen LogP contribution in [0.5, 0.6) is 0 Å². The largest absolute Gasteiger partial charge is 0.493 e. The van der Waals surface area contributed by atoms with Gasteiger partial charge in [0.2, 0.25) is 5.88 Å². The first-order valence-electron chi connectivity index (χ1n) is 3.92. The zero-order valence-electron chi connectivity index (χ0n) is 7.40. The van der Waals surface area contributed by atoms with Crippen molar-refractivity contribution in [2.24, 2.45) is 11.5 Å². The van der Waals surface area contributed by atoms with Gasteiger partial charge in [0, 0.05) is 5.69 Å². The number of amides is 1. The highest BCUT2D eigenvalue weighted by molar-refractivity contribution is 5.91. The number of nitrogens with one attached hydrogen (secondary N) is 1. The predicted molar refractivity (Wildman–Crippen MR) is 53.1 cm³/mol. The second-order valence-electron chi connectivity index (χ2n) is 2.62. The minimum atomic E-state index is -0.870. The van der Waals surface area contributed by atoms with Gasteiger partial charge >= 0.3 is 0 Å². The van der Waals surface area contributed by atoms with Gasteiger partial charge in [-0.15, -0.1) is 0 Å². The lowest BCUT2D eigenvalue weighted by Gasteiger charge is -2.06. The molecule has 0 heterocycles. The predicted octanol–water partition coefficient (Wildman–Crippen LogP) is 0.270. The van der Waals surface area contributed by atoms with Crippen LogP contribution in [0.25, 0.3) is 0 Å². The van der Waals surface area contributed by atoms with Crippen molar-refractivity contribution in [1.82, 2.24) is 0 Å². The molecule has 1 aromatic rings. The number of benzene rings is 1. The van der Waals surface area contributed by atoms with Crippen LogP contribution in [0.4, 0.5) is 5.69 Å². The van der Waals surface area contributed by atoms with Gasteiger partial charge in [0.1, 0.15) is 0 Å². The van der Waals surface area contributed by atoms with E-state index in [9.17, 15) is 9.90 Å². The summed E-state index contributed by atoms with van der Waals surface area (Å²) in [6.07, 6.45) is 0. The van der Waals surface area contributed by atoms with Crippen LogP contribution < -0.4 is 16.8 Å². The molecule has 0 saturated heterocycles. The van der Waals surface area contributed by atoms with Crippen molar-refractivity contribution in [2.75, 3.05) is 5.32 Å². The first-order chi connectivity index (χ1) is 6.61. The van der Waals surface area contributed by atoms with E-state index in [4.69, 9.17) is 11.5 Å². The van der Waals surface area contributed by atoms with Crippen molar-refractivity contribution in [3.63, 3.8) is 0 Å². The number of hydrogen-bond donors (Lipinski definition) is 4. The van der Waals surface area contributed by atoms with E-state index in [-0.39, 0.29) is 0 Å². The summed E-state index contributed by atoms with van der Waals surface area (Å²) in [5.74, 6) is -1.31. The Morgan fingerprint density at radius 1 is 1.21 bits per heavy atom. The Bertz CT molecular complexity index is 360. The van der Waals surface area contributed by atoms with Crippen molar-refractivity contribution in [3.8, 4) is 0 Å². The summed E-state index contributed by atoms with van der Waals surface area (Å²) in [4.78, 5) is 10.6. The molecule has 0 aliphatic rings. The molecule has 0 aromatic heterocycles. The minimum Gasteiger partial charge on any atom is -0.493 e. The third kappa shape index (κ3) is 2.41. The Morgan fingerprint density at radius 2 is 1.79 bits per heavy atom. The zero-order chi connectivity index (χ0) is 10.6. The van der Waals surface area contributed by atoms with E-state index in [1.54, 1.807) is 24.3 Å². The van der Waals surface area contributed by atoms with E-state index >= 15 is 0 Å². The average Bonchev–Trinajstić information content (AvgIpc) is 2.18. The molecule has 0 aliphatic heterocycles. The lowest BCUT2D eigenvalue weighted by Crippen LogP contribution is -2.24. The molecule has 1 rings (SSSR count). The van der Waals surface area contributed by atoms with E-state index in [1.807, 2.05) is 6.07 Å². The van der Waals surface area contributed by atoms with Crippen molar-refractivity contribution >= 4 is 11.6 Å². The fourth-order valence-corrected chi connectivity index (χ4v) is 0.842. The monoisotopic (exact) mass is 193 g/mol. The molecule has 5 nitrogen and oxygen atoms in total. The molecule has 0 aliphatic carbocycles. The van der Waals surface area contributed by atoms with Crippen LogP contribution in [0.2, 0.25) is 0 Å². The third-order valence-electron chi connectivity index (χ3n) is 1.56. The van der Waals surface area contributed by atoms with Crippen LogP contribution in [-0.4, -0.2) is 11.0 Å². The first-order valence-corrected chi connectivity index (χ1v) is 3.92. The Balaban J connectivity index is 2.80. The van der Waals surface area contributed by atoms with Crippen LogP contribution in [-0.2, 0) is 4.79 Å². The summed E-state index contributed by atoms with van der Waals surface area (Å²) in [7, 11) is 0. The number of hydrogen-bond acceptors (Lipinski definition) is 4. The second kappa shape index (κ2) is 4.18. The van der Waals surface area contributed by atoms with Gasteiger partial charge in [-0.05, 0) is 12.1 Å². The quantitative estimate of drug-likeness (QED) is 0.408. The third-order valence-corrected chi connectivity index (χ3v) is 1.56. The highest BCUT2D eigenvalue weighted by Gasteiger charge is 2.06. The van der Waals surface area contributed by atoms with Crippen LogP contribution >= 0.6 is 0 Å². The van der Waals surface area contributed by atoms with Gasteiger partial charge in [0.15, 0.2) is 5.70 Å². The van der Waals surface area contributed by atoms with Gasteiger partial charge in [0.25, 0.3) is 5.91 Å². The normalized spacial score (nSPS) is 11.7. The molecule has 0 saturated carbocycles. The second-order valence-corrected chi connectivity index (χ2v) is 2.62. The number of aliphatic hydroxyl groups is 1. The Morgan fingerprint density at radius 3 is 2.29 bits per heavy atom. The molecule has 5 heteroatoms. The summed E-state index contributed by atoms with van der Waals surface area (Å²) in [6.45, 7) is 0. The van der Waals surface area contributed by atoms with Gasteiger partial charge in [0.05, 0.1) is 0 Å². The summed E-state index contributed by atoms with van der Waals surface area (Å²) < 4.78 is 0. The van der Waals surface area contributed by atoms with Gasteiger partial charge in [-0.1, -0.05) is 18.2 Å². The number of carbonyl (C=O) groups is 1. The molecular weight excluding hydrogens is 182 g/mol. The summed E-state index contributed by atoms with van der Waals surface area (Å²) in [5, 5.41) is 11.8. The summed E-state index contributed by atoms with van der Waals surface area (Å²) in [6, 6.07) is 8.80. The van der Waals surface area contributed by atoms with Gasteiger partial charge in [-0.2, -0.15) is 0 Å². The summed E-state index contributed by atoms with van der Waals surface area (Å²) in [5.41, 5.74) is 10.3. The molecule has 74 valence electrons. The van der Waals surface area contributed by atoms with Crippen LogP contribution in [0.1, 0.15) is 0 Å². The van der Waals surface area contributed by atoms with Crippen molar-refractivity contribution in [1.29, 1.82) is 0 Å². The molecule has 0 atom stereocenters. The standard InChI is InChI=1S/C9H11N3O2/c10-7(8(11)13)9(14)12-6-4-2-1-3-5-6/h1-5,12,14H,10H2,(H2,11,13)/b9-7-. The lowest BCUT2D eigenvalue weighted by atomic mass is 10.3. The maximum Gasteiger partial charge on any atom is 0.270 e. The average molecular weight is 193 g/mol. The van der Waals surface area contributed by atoms with E-state index in [2.05, 4.69) is 5.32 Å². The van der Waals surface area contributed by atoms with Gasteiger partial charge in [-0.25, -0.2) is 0 Å². The fraction of sp³-hybridized carbons (Fsp3) is 0. The first kappa shape index (κ1) is 9.91. The number of rotatable bonds is 3. The number of nitrogens with two attached hydrogens (primary N) is 2. The number of carbonyl (C=O) groups excluding carboxylic acids is 1. The molecule has 1 aromatic carbocycles.